The molecule has 1 heterocycles. The van der Waals surface area contributed by atoms with Gasteiger partial charge >= 0.3 is 0 Å². The van der Waals surface area contributed by atoms with Crippen molar-refractivity contribution in [3.05, 3.63) is 28.5 Å². The van der Waals surface area contributed by atoms with Gasteiger partial charge in [0.25, 0.3) is 6.08 Å². The molecule has 0 nitrogen and oxygen atoms in total. The molecular formula is C7H6F2S. The van der Waals surface area contributed by atoms with E-state index < -0.39 is 6.08 Å². The number of hydrogen-bond acceptors (Lipinski definition) is 1. The summed E-state index contributed by atoms with van der Waals surface area (Å²) in [6.45, 7) is 1.42. The van der Waals surface area contributed by atoms with Crippen molar-refractivity contribution in [1.29, 1.82) is 0 Å². The summed E-state index contributed by atoms with van der Waals surface area (Å²) >= 11 is 1.32. The van der Waals surface area contributed by atoms with Gasteiger partial charge in [-0.25, -0.2) is 0 Å². The van der Waals surface area contributed by atoms with E-state index in [0.29, 0.717) is 4.88 Å². The molecule has 3 heteroatoms. The highest BCUT2D eigenvalue weighted by Crippen LogP contribution is 2.23. The van der Waals surface area contributed by atoms with Crippen LogP contribution in [0.3, 0.4) is 0 Å². The van der Waals surface area contributed by atoms with E-state index in [4.69, 9.17) is 0 Å². The van der Waals surface area contributed by atoms with E-state index in [1.807, 2.05) is 0 Å². The van der Waals surface area contributed by atoms with Gasteiger partial charge in [0.1, 0.15) is 0 Å². The molecule has 0 aromatic carbocycles. The van der Waals surface area contributed by atoms with E-state index in [1.54, 1.807) is 17.5 Å². The number of thiophene rings is 1. The van der Waals surface area contributed by atoms with Crippen molar-refractivity contribution in [3.8, 4) is 0 Å². The first-order valence-electron chi connectivity index (χ1n) is 2.77. The average molecular weight is 160 g/mol. The van der Waals surface area contributed by atoms with Gasteiger partial charge in [0.05, 0.1) is 0 Å². The van der Waals surface area contributed by atoms with E-state index in [0.717, 1.165) is 0 Å². The predicted octanol–water partition coefficient (Wildman–Crippen LogP) is 3.38. The molecule has 0 fully saturated rings. The summed E-state index contributed by atoms with van der Waals surface area (Å²) in [7, 11) is 0. The van der Waals surface area contributed by atoms with E-state index in [1.165, 1.54) is 18.3 Å². The van der Waals surface area contributed by atoms with Crippen LogP contribution in [0.15, 0.2) is 23.6 Å². The summed E-state index contributed by atoms with van der Waals surface area (Å²) in [5.74, 6) is 0. The minimum Gasteiger partial charge on any atom is -0.173 e. The van der Waals surface area contributed by atoms with E-state index in [2.05, 4.69) is 0 Å². The van der Waals surface area contributed by atoms with Gasteiger partial charge in [0.15, 0.2) is 0 Å². The lowest BCUT2D eigenvalue weighted by atomic mass is 10.3. The third kappa shape index (κ3) is 1.42. The summed E-state index contributed by atoms with van der Waals surface area (Å²) in [6.07, 6.45) is -1.59. The van der Waals surface area contributed by atoms with Crippen LogP contribution < -0.4 is 0 Å². The third-order valence-electron chi connectivity index (χ3n) is 1.17. The molecule has 0 amide bonds. The maximum Gasteiger partial charge on any atom is 0.274 e. The highest BCUT2D eigenvalue weighted by Gasteiger charge is 2.02. The van der Waals surface area contributed by atoms with E-state index in [-0.39, 0.29) is 5.57 Å². The highest BCUT2D eigenvalue weighted by atomic mass is 32.1. The van der Waals surface area contributed by atoms with Crippen LogP contribution in [0.4, 0.5) is 8.78 Å². The number of rotatable bonds is 1. The molecule has 0 aliphatic rings. The van der Waals surface area contributed by atoms with Crippen molar-refractivity contribution in [2.75, 3.05) is 0 Å². The third-order valence-corrected chi connectivity index (χ3v) is 2.16. The first-order chi connectivity index (χ1) is 4.72. The molecule has 0 saturated heterocycles. The molecule has 0 bridgehead atoms. The molecule has 1 aromatic rings. The van der Waals surface area contributed by atoms with Crippen LogP contribution in [-0.4, -0.2) is 0 Å². The quantitative estimate of drug-likeness (QED) is 0.590. The van der Waals surface area contributed by atoms with Gasteiger partial charge in [0, 0.05) is 10.5 Å². The molecule has 0 N–H and O–H groups in total. The average Bonchev–Trinajstić information content (AvgIpc) is 2.36. The van der Waals surface area contributed by atoms with E-state index >= 15 is 0 Å². The molecule has 0 radical (unpaired) electrons. The fourth-order valence-electron chi connectivity index (χ4n) is 0.585. The van der Waals surface area contributed by atoms with Crippen LogP contribution >= 0.6 is 11.3 Å². The van der Waals surface area contributed by atoms with Crippen molar-refractivity contribution in [2.24, 2.45) is 0 Å². The van der Waals surface area contributed by atoms with Crippen molar-refractivity contribution >= 4 is 16.9 Å². The Morgan fingerprint density at radius 2 is 2.20 bits per heavy atom. The molecule has 0 aliphatic heterocycles. The number of hydrogen-bond donors (Lipinski definition) is 0. The van der Waals surface area contributed by atoms with Gasteiger partial charge in [-0.2, -0.15) is 8.78 Å². The molecule has 0 aliphatic carbocycles. The summed E-state index contributed by atoms with van der Waals surface area (Å²) in [6, 6.07) is 3.44. The Morgan fingerprint density at radius 1 is 1.50 bits per heavy atom. The maximum absolute atomic E-state index is 11.9. The summed E-state index contributed by atoms with van der Waals surface area (Å²) in [4.78, 5) is 0.639. The fourth-order valence-corrected chi connectivity index (χ4v) is 1.30. The first kappa shape index (κ1) is 7.41. The van der Waals surface area contributed by atoms with E-state index in [9.17, 15) is 8.78 Å². The summed E-state index contributed by atoms with van der Waals surface area (Å²) in [5, 5.41) is 1.78. The van der Waals surface area contributed by atoms with Crippen LogP contribution in [0.2, 0.25) is 0 Å². The lowest BCUT2D eigenvalue weighted by molar-refractivity contribution is 0.425. The lowest BCUT2D eigenvalue weighted by Gasteiger charge is -1.91. The SMILES string of the molecule is CC(=C(F)F)c1cccs1. The topological polar surface area (TPSA) is 0 Å². The Morgan fingerprint density at radius 3 is 2.60 bits per heavy atom. The Balaban J connectivity index is 2.99. The van der Waals surface area contributed by atoms with Gasteiger partial charge in [-0.1, -0.05) is 6.07 Å². The monoisotopic (exact) mass is 160 g/mol. The van der Waals surface area contributed by atoms with Gasteiger partial charge < -0.3 is 0 Å². The predicted molar refractivity (Wildman–Crippen MR) is 39.1 cm³/mol. The molecule has 1 rings (SSSR count). The Bertz CT molecular complexity index is 232. The minimum atomic E-state index is -1.59. The number of halogens is 2. The van der Waals surface area contributed by atoms with Crippen molar-refractivity contribution < 1.29 is 8.78 Å². The second kappa shape index (κ2) is 2.92. The zero-order valence-corrected chi connectivity index (χ0v) is 6.21. The van der Waals surface area contributed by atoms with Crippen LogP contribution in [0.25, 0.3) is 5.57 Å². The highest BCUT2D eigenvalue weighted by molar-refractivity contribution is 7.11. The second-order valence-corrected chi connectivity index (χ2v) is 2.81. The molecule has 1 aromatic heterocycles. The van der Waals surface area contributed by atoms with Crippen molar-refractivity contribution in [1.82, 2.24) is 0 Å². The maximum atomic E-state index is 11.9. The molecule has 0 spiro atoms. The molecule has 0 unspecified atom stereocenters. The lowest BCUT2D eigenvalue weighted by Crippen LogP contribution is -1.71. The zero-order valence-electron chi connectivity index (χ0n) is 5.40. The van der Waals surface area contributed by atoms with Gasteiger partial charge in [-0.3, -0.25) is 0 Å². The summed E-state index contributed by atoms with van der Waals surface area (Å²) in [5.41, 5.74) is 0.0787. The fraction of sp³-hybridized carbons (Fsp3) is 0.143. The normalized spacial score (nSPS) is 9.50. The second-order valence-electron chi connectivity index (χ2n) is 1.86. The standard InChI is InChI=1S/C7H6F2S/c1-5(7(8)9)6-3-2-4-10-6/h2-4H,1H3. The molecule has 0 atom stereocenters. The first-order valence-corrected chi connectivity index (χ1v) is 3.65. The van der Waals surface area contributed by atoms with Gasteiger partial charge in [-0.05, 0) is 18.4 Å². The summed E-state index contributed by atoms with van der Waals surface area (Å²) < 4.78 is 23.8. The van der Waals surface area contributed by atoms with Crippen LogP contribution in [0.1, 0.15) is 11.8 Å². The van der Waals surface area contributed by atoms with Crippen molar-refractivity contribution in [3.63, 3.8) is 0 Å². The van der Waals surface area contributed by atoms with Gasteiger partial charge in [-0.15, -0.1) is 11.3 Å². The molecule has 0 saturated carbocycles. The van der Waals surface area contributed by atoms with Crippen LogP contribution in [0.5, 0.6) is 0 Å². The minimum absolute atomic E-state index is 0.0787. The number of allylic oxidation sites excluding steroid dienone is 1. The van der Waals surface area contributed by atoms with Crippen LogP contribution in [-0.2, 0) is 0 Å². The van der Waals surface area contributed by atoms with Crippen molar-refractivity contribution in [2.45, 2.75) is 6.92 Å². The molecule has 10 heavy (non-hydrogen) atoms. The van der Waals surface area contributed by atoms with Crippen LogP contribution in [0, 0.1) is 0 Å². The molecular weight excluding hydrogens is 154 g/mol. The largest absolute Gasteiger partial charge is 0.274 e. The Labute approximate surface area is 61.8 Å². The molecule has 54 valence electrons. The Kier molecular flexibility index (Phi) is 2.17. The Hall–Kier alpha value is -0.700. The van der Waals surface area contributed by atoms with Gasteiger partial charge in [0.2, 0.25) is 0 Å². The smallest absolute Gasteiger partial charge is 0.173 e. The zero-order chi connectivity index (χ0) is 7.56.